The van der Waals surface area contributed by atoms with Crippen LogP contribution in [0.2, 0.25) is 0 Å². The monoisotopic (exact) mass is 414 g/mol. The molecule has 160 valence electrons. The van der Waals surface area contributed by atoms with Gasteiger partial charge in [0.05, 0.1) is 32.8 Å². The lowest BCUT2D eigenvalue weighted by Crippen LogP contribution is -2.32. The van der Waals surface area contributed by atoms with Gasteiger partial charge in [0, 0.05) is 24.3 Å². The van der Waals surface area contributed by atoms with Gasteiger partial charge in [0.2, 0.25) is 0 Å². The van der Waals surface area contributed by atoms with E-state index in [1.54, 1.807) is 12.1 Å². The molecule has 0 amide bonds. The van der Waals surface area contributed by atoms with E-state index in [4.69, 9.17) is 18.9 Å². The van der Waals surface area contributed by atoms with E-state index < -0.39 is 12.0 Å². The highest BCUT2D eigenvalue weighted by Crippen LogP contribution is 2.50. The molecule has 2 N–H and O–H groups in total. The van der Waals surface area contributed by atoms with Gasteiger partial charge in [-0.1, -0.05) is 11.6 Å². The summed E-state index contributed by atoms with van der Waals surface area (Å²) in [4.78, 5) is 13.4. The summed E-state index contributed by atoms with van der Waals surface area (Å²) in [5, 5.41) is 20.2. The van der Waals surface area contributed by atoms with Crippen molar-refractivity contribution in [2.45, 2.75) is 26.4 Å². The molecule has 7 nitrogen and oxygen atoms in total. The predicted molar refractivity (Wildman–Crippen MR) is 111 cm³/mol. The largest absolute Gasteiger partial charge is 0.508 e. The van der Waals surface area contributed by atoms with Gasteiger partial charge in [0.1, 0.15) is 46.2 Å². The second-order valence-electron chi connectivity index (χ2n) is 7.31. The van der Waals surface area contributed by atoms with Crippen LogP contribution in [0.15, 0.2) is 35.9 Å². The maximum absolute atomic E-state index is 13.4. The molecule has 3 rings (SSSR count). The Hall–Kier alpha value is -3.35. The number of rotatable bonds is 6. The quantitative estimate of drug-likeness (QED) is 0.676. The van der Waals surface area contributed by atoms with Crippen molar-refractivity contribution in [1.29, 1.82) is 0 Å². The summed E-state index contributed by atoms with van der Waals surface area (Å²) in [5.74, 6) is 0.0915. The van der Waals surface area contributed by atoms with Crippen molar-refractivity contribution in [1.82, 2.24) is 0 Å². The van der Waals surface area contributed by atoms with Crippen LogP contribution in [-0.2, 0) is 0 Å². The van der Waals surface area contributed by atoms with Crippen LogP contribution in [0.25, 0.3) is 0 Å². The van der Waals surface area contributed by atoms with Crippen LogP contribution >= 0.6 is 0 Å². The van der Waals surface area contributed by atoms with Crippen LogP contribution in [0.1, 0.15) is 42.3 Å². The van der Waals surface area contributed by atoms with Crippen LogP contribution in [0.5, 0.6) is 34.5 Å². The third-order valence-corrected chi connectivity index (χ3v) is 5.09. The topological polar surface area (TPSA) is 94.5 Å². The number of ketones is 1. The minimum absolute atomic E-state index is 0.0580. The fourth-order valence-corrected chi connectivity index (χ4v) is 3.64. The molecule has 2 aromatic carbocycles. The van der Waals surface area contributed by atoms with E-state index in [1.807, 2.05) is 19.9 Å². The average Bonchev–Trinajstić information content (AvgIpc) is 2.70. The maximum Gasteiger partial charge on any atom is 0.177 e. The van der Waals surface area contributed by atoms with Gasteiger partial charge in [-0.05, 0) is 20.3 Å². The van der Waals surface area contributed by atoms with Gasteiger partial charge in [0.25, 0.3) is 0 Å². The van der Waals surface area contributed by atoms with Gasteiger partial charge in [0.15, 0.2) is 5.78 Å². The van der Waals surface area contributed by atoms with E-state index in [0.29, 0.717) is 29.2 Å². The number of carbonyl (C=O) groups excluding carboxylic acids is 1. The van der Waals surface area contributed by atoms with E-state index >= 15 is 0 Å². The fourth-order valence-electron chi connectivity index (χ4n) is 3.64. The summed E-state index contributed by atoms with van der Waals surface area (Å²) in [6, 6.07) is 5.84. The Bertz CT molecular complexity index is 964. The minimum Gasteiger partial charge on any atom is -0.508 e. The molecule has 7 heteroatoms. The number of ether oxygens (including phenoxy) is 4. The number of hydrogen-bond acceptors (Lipinski definition) is 7. The first-order valence-electron chi connectivity index (χ1n) is 9.50. The van der Waals surface area contributed by atoms with Crippen LogP contribution in [0.3, 0.4) is 0 Å². The second kappa shape index (κ2) is 8.57. The molecular formula is C23H26O7. The Labute approximate surface area is 175 Å². The summed E-state index contributed by atoms with van der Waals surface area (Å²) in [5.41, 5.74) is 1.66. The number of aromatic hydroxyl groups is 2. The number of benzene rings is 2. The molecule has 1 heterocycles. The number of hydrogen-bond donors (Lipinski definition) is 2. The van der Waals surface area contributed by atoms with E-state index in [2.05, 4.69) is 0 Å². The second-order valence-corrected chi connectivity index (χ2v) is 7.31. The zero-order chi connectivity index (χ0) is 22.0. The van der Waals surface area contributed by atoms with Gasteiger partial charge < -0.3 is 29.2 Å². The van der Waals surface area contributed by atoms with E-state index in [-0.39, 0.29) is 28.6 Å². The summed E-state index contributed by atoms with van der Waals surface area (Å²) in [7, 11) is 4.56. The number of allylic oxidation sites excluding steroid dienone is 2. The van der Waals surface area contributed by atoms with Crippen molar-refractivity contribution in [3.05, 3.63) is 47.0 Å². The first kappa shape index (κ1) is 21.4. The standard InChI is InChI=1S/C23H26O7/c1-12(2)6-7-15-22(26)20-16(25)8-13(24)9-19(20)30-23(15)21-17(28-4)10-14(27-3)11-18(21)29-5/h6,8-11,15,23-25H,7H2,1-5H3/t15-,23+/m0/s1. The molecule has 0 bridgehead atoms. The molecule has 0 aliphatic carbocycles. The molecule has 0 saturated heterocycles. The maximum atomic E-state index is 13.4. The van der Waals surface area contributed by atoms with Crippen molar-refractivity contribution >= 4 is 5.78 Å². The fraction of sp³-hybridized carbons (Fsp3) is 0.348. The molecule has 0 radical (unpaired) electrons. The Morgan fingerprint density at radius 1 is 1.03 bits per heavy atom. The molecule has 0 spiro atoms. The van der Waals surface area contributed by atoms with Crippen LogP contribution < -0.4 is 18.9 Å². The SMILES string of the molecule is COc1cc(OC)c([C@@H]2Oc3cc(O)cc(O)c3C(=O)[C@@H]2CC=C(C)C)c(OC)c1. The Kier molecular flexibility index (Phi) is 6.10. The summed E-state index contributed by atoms with van der Waals surface area (Å²) >= 11 is 0. The molecule has 0 fully saturated rings. The smallest absolute Gasteiger partial charge is 0.177 e. The third-order valence-electron chi connectivity index (χ3n) is 5.09. The zero-order valence-electron chi connectivity index (χ0n) is 17.7. The number of Topliss-reactive ketones (excluding diaryl/α,β-unsaturated/α-hetero) is 1. The molecule has 2 aromatic rings. The lowest BCUT2D eigenvalue weighted by atomic mass is 9.82. The van der Waals surface area contributed by atoms with Crippen LogP contribution in [0.4, 0.5) is 0 Å². The van der Waals surface area contributed by atoms with E-state index in [1.165, 1.54) is 27.4 Å². The lowest BCUT2D eigenvalue weighted by Gasteiger charge is -2.34. The summed E-state index contributed by atoms with van der Waals surface area (Å²) in [6.07, 6.45) is 1.57. The van der Waals surface area contributed by atoms with Gasteiger partial charge in [-0.15, -0.1) is 0 Å². The summed E-state index contributed by atoms with van der Waals surface area (Å²) < 4.78 is 22.6. The predicted octanol–water partition coefficient (Wildman–Crippen LogP) is 4.41. The average molecular weight is 414 g/mol. The molecular weight excluding hydrogens is 388 g/mol. The highest BCUT2D eigenvalue weighted by Gasteiger charge is 2.42. The molecule has 1 aliphatic rings. The van der Waals surface area contributed by atoms with Gasteiger partial charge >= 0.3 is 0 Å². The number of methoxy groups -OCH3 is 3. The normalized spacial score (nSPS) is 17.6. The lowest BCUT2D eigenvalue weighted by molar-refractivity contribution is 0.0642. The summed E-state index contributed by atoms with van der Waals surface area (Å²) in [6.45, 7) is 3.89. The minimum atomic E-state index is -0.766. The highest BCUT2D eigenvalue weighted by atomic mass is 16.5. The van der Waals surface area contributed by atoms with Crippen molar-refractivity contribution in [3.63, 3.8) is 0 Å². The third kappa shape index (κ3) is 3.87. The first-order valence-corrected chi connectivity index (χ1v) is 9.50. The molecule has 0 aromatic heterocycles. The zero-order valence-corrected chi connectivity index (χ0v) is 17.7. The van der Waals surface area contributed by atoms with Crippen molar-refractivity contribution < 1.29 is 34.0 Å². The Morgan fingerprint density at radius 3 is 2.20 bits per heavy atom. The number of carbonyl (C=O) groups is 1. The molecule has 30 heavy (non-hydrogen) atoms. The van der Waals surface area contributed by atoms with Gasteiger partial charge in [-0.3, -0.25) is 4.79 Å². The molecule has 1 aliphatic heterocycles. The van der Waals surface area contributed by atoms with Gasteiger partial charge in [-0.25, -0.2) is 0 Å². The van der Waals surface area contributed by atoms with Crippen molar-refractivity contribution in [2.75, 3.05) is 21.3 Å². The van der Waals surface area contributed by atoms with Crippen LogP contribution in [-0.4, -0.2) is 37.3 Å². The van der Waals surface area contributed by atoms with Crippen molar-refractivity contribution in [3.8, 4) is 34.5 Å². The highest BCUT2D eigenvalue weighted by molar-refractivity contribution is 6.04. The van der Waals surface area contributed by atoms with Crippen LogP contribution in [0, 0.1) is 5.92 Å². The van der Waals surface area contributed by atoms with E-state index in [9.17, 15) is 15.0 Å². The molecule has 0 unspecified atom stereocenters. The Balaban J connectivity index is 2.23. The molecule has 0 saturated carbocycles. The van der Waals surface area contributed by atoms with Gasteiger partial charge in [-0.2, -0.15) is 0 Å². The molecule has 2 atom stereocenters. The Morgan fingerprint density at radius 2 is 1.67 bits per heavy atom. The van der Waals surface area contributed by atoms with E-state index in [0.717, 1.165) is 11.6 Å². The number of phenols is 2. The number of phenolic OH excluding ortho intramolecular Hbond substituents is 2. The number of fused-ring (bicyclic) bond motifs is 1. The van der Waals surface area contributed by atoms with Crippen molar-refractivity contribution in [2.24, 2.45) is 5.92 Å². The first-order chi connectivity index (χ1) is 14.3.